The predicted molar refractivity (Wildman–Crippen MR) is 78.8 cm³/mol. The molecule has 0 bridgehead atoms. The molecule has 0 amide bonds. The molecule has 120 valence electrons. The van der Waals surface area contributed by atoms with E-state index >= 15 is 0 Å². The van der Waals surface area contributed by atoms with Gasteiger partial charge in [-0.05, 0) is 30.7 Å². The molecule has 1 aliphatic heterocycles. The monoisotopic (exact) mass is 319 g/mol. The second kappa shape index (κ2) is 6.21. The summed E-state index contributed by atoms with van der Waals surface area (Å²) in [6, 6.07) is 7.23. The zero-order valence-corrected chi connectivity index (χ0v) is 12.4. The lowest BCUT2D eigenvalue weighted by molar-refractivity contribution is -0.386. The van der Waals surface area contributed by atoms with Gasteiger partial charge in [-0.2, -0.15) is 0 Å². The molecule has 0 spiro atoms. The van der Waals surface area contributed by atoms with E-state index in [-0.39, 0.29) is 31.4 Å². The van der Waals surface area contributed by atoms with Crippen molar-refractivity contribution in [2.45, 2.75) is 20.1 Å². The maximum Gasteiger partial charge on any atom is 0.310 e. The van der Waals surface area contributed by atoms with E-state index in [4.69, 9.17) is 14.2 Å². The van der Waals surface area contributed by atoms with E-state index in [0.29, 0.717) is 16.9 Å². The Morgan fingerprint density at radius 3 is 2.96 bits per heavy atom. The Bertz CT molecular complexity index is 762. The van der Waals surface area contributed by atoms with Crippen molar-refractivity contribution in [3.63, 3.8) is 0 Å². The van der Waals surface area contributed by atoms with Crippen molar-refractivity contribution < 1.29 is 23.5 Å². The van der Waals surface area contributed by atoms with Gasteiger partial charge in [-0.25, -0.2) is 4.39 Å². The zero-order valence-electron chi connectivity index (χ0n) is 12.4. The first-order chi connectivity index (χ1) is 11.0. The molecule has 0 aliphatic carbocycles. The van der Waals surface area contributed by atoms with Crippen LogP contribution in [-0.2, 0) is 18.0 Å². The van der Waals surface area contributed by atoms with E-state index < -0.39 is 10.7 Å². The summed E-state index contributed by atoms with van der Waals surface area (Å²) in [5.41, 5.74) is 1.77. The van der Waals surface area contributed by atoms with Gasteiger partial charge in [0.15, 0.2) is 12.5 Å². The van der Waals surface area contributed by atoms with Gasteiger partial charge in [-0.15, -0.1) is 0 Å². The van der Waals surface area contributed by atoms with E-state index in [1.807, 2.05) is 0 Å². The Morgan fingerprint density at radius 1 is 1.35 bits per heavy atom. The minimum atomic E-state index is -0.514. The van der Waals surface area contributed by atoms with E-state index in [1.165, 1.54) is 18.2 Å². The van der Waals surface area contributed by atoms with Crippen molar-refractivity contribution in [3.05, 3.63) is 63.0 Å². The van der Waals surface area contributed by atoms with Crippen LogP contribution < -0.4 is 9.47 Å². The molecule has 2 aromatic rings. The van der Waals surface area contributed by atoms with Gasteiger partial charge >= 0.3 is 5.69 Å². The molecule has 3 rings (SSSR count). The molecular weight excluding hydrogens is 305 g/mol. The van der Waals surface area contributed by atoms with Crippen LogP contribution in [-0.4, -0.2) is 11.7 Å². The number of nitro benzene ring substituents is 1. The van der Waals surface area contributed by atoms with E-state index in [1.54, 1.807) is 19.1 Å². The third kappa shape index (κ3) is 3.24. The second-order valence-corrected chi connectivity index (χ2v) is 5.18. The number of rotatable bonds is 4. The number of nitro groups is 1. The molecule has 7 heteroatoms. The summed E-state index contributed by atoms with van der Waals surface area (Å²) < 4.78 is 29.7. The number of nitrogens with zero attached hydrogens (tertiary/aromatic N) is 1. The van der Waals surface area contributed by atoms with Gasteiger partial charge in [0.2, 0.25) is 0 Å². The molecule has 0 saturated heterocycles. The quantitative estimate of drug-likeness (QED) is 0.637. The fourth-order valence-electron chi connectivity index (χ4n) is 2.41. The zero-order chi connectivity index (χ0) is 16.4. The van der Waals surface area contributed by atoms with Crippen molar-refractivity contribution in [1.29, 1.82) is 0 Å². The predicted octanol–water partition coefficient (Wildman–Crippen LogP) is 3.49. The maximum atomic E-state index is 13.7. The van der Waals surface area contributed by atoms with Gasteiger partial charge in [-0.3, -0.25) is 10.1 Å². The molecule has 6 nitrogen and oxygen atoms in total. The first-order valence-electron chi connectivity index (χ1n) is 6.94. The fourth-order valence-corrected chi connectivity index (χ4v) is 2.41. The highest BCUT2D eigenvalue weighted by molar-refractivity contribution is 5.49. The lowest BCUT2D eigenvalue weighted by Gasteiger charge is -2.21. The van der Waals surface area contributed by atoms with Crippen LogP contribution in [0.25, 0.3) is 0 Å². The number of aryl methyl sites for hydroxylation is 1. The smallest absolute Gasteiger partial charge is 0.310 e. The minimum absolute atomic E-state index is 0.0373. The van der Waals surface area contributed by atoms with Gasteiger partial charge < -0.3 is 14.2 Å². The van der Waals surface area contributed by atoms with Crippen LogP contribution in [0.3, 0.4) is 0 Å². The molecule has 23 heavy (non-hydrogen) atoms. The summed E-state index contributed by atoms with van der Waals surface area (Å²) in [6.45, 7) is 2.10. The molecule has 0 fully saturated rings. The largest absolute Gasteiger partial charge is 0.482 e. The number of hydrogen-bond acceptors (Lipinski definition) is 5. The van der Waals surface area contributed by atoms with Crippen LogP contribution in [0.4, 0.5) is 10.1 Å². The standard InChI is InChI=1S/C16H14FNO5/c1-10-2-3-14(18(19)20)15(4-10)22-8-12-6-13(17)5-11-7-21-9-23-16(11)12/h2-6H,7-9H2,1H3. The van der Waals surface area contributed by atoms with Crippen molar-refractivity contribution in [2.75, 3.05) is 6.79 Å². The molecule has 0 radical (unpaired) electrons. The SMILES string of the molecule is Cc1ccc([N+](=O)[O-])c(OCc2cc(F)cc3c2OCOC3)c1. The van der Waals surface area contributed by atoms with Crippen LogP contribution in [0.1, 0.15) is 16.7 Å². The molecule has 0 atom stereocenters. The van der Waals surface area contributed by atoms with Crippen LogP contribution in [0, 0.1) is 22.9 Å². The van der Waals surface area contributed by atoms with Gasteiger partial charge in [-0.1, -0.05) is 6.07 Å². The lowest BCUT2D eigenvalue weighted by Crippen LogP contribution is -2.14. The molecule has 0 unspecified atom stereocenters. The Morgan fingerprint density at radius 2 is 2.17 bits per heavy atom. The fraction of sp³-hybridized carbons (Fsp3) is 0.250. The summed E-state index contributed by atoms with van der Waals surface area (Å²) in [7, 11) is 0. The van der Waals surface area contributed by atoms with Gasteiger partial charge in [0.05, 0.1) is 11.5 Å². The summed E-state index contributed by atoms with van der Waals surface area (Å²) >= 11 is 0. The number of ether oxygens (including phenoxy) is 3. The summed E-state index contributed by atoms with van der Waals surface area (Å²) in [4.78, 5) is 10.5. The minimum Gasteiger partial charge on any atom is -0.482 e. The number of halogens is 1. The number of fused-ring (bicyclic) bond motifs is 1. The van der Waals surface area contributed by atoms with E-state index in [2.05, 4.69) is 0 Å². The molecule has 2 aromatic carbocycles. The lowest BCUT2D eigenvalue weighted by atomic mass is 10.1. The first-order valence-corrected chi connectivity index (χ1v) is 6.94. The molecule has 0 aromatic heterocycles. The average Bonchev–Trinajstić information content (AvgIpc) is 2.52. The van der Waals surface area contributed by atoms with Crippen LogP contribution >= 0.6 is 0 Å². The highest BCUT2D eigenvalue weighted by atomic mass is 19.1. The molecule has 0 saturated carbocycles. The van der Waals surface area contributed by atoms with Crippen molar-refractivity contribution in [2.24, 2.45) is 0 Å². The highest BCUT2D eigenvalue weighted by Crippen LogP contribution is 2.32. The van der Waals surface area contributed by atoms with Gasteiger partial charge in [0.25, 0.3) is 0 Å². The Labute approximate surface area is 131 Å². The highest BCUT2D eigenvalue weighted by Gasteiger charge is 2.19. The van der Waals surface area contributed by atoms with Crippen LogP contribution in [0.2, 0.25) is 0 Å². The topological polar surface area (TPSA) is 70.8 Å². The maximum absolute atomic E-state index is 13.7. The van der Waals surface area contributed by atoms with Crippen LogP contribution in [0.5, 0.6) is 11.5 Å². The molecule has 1 aliphatic rings. The third-order valence-electron chi connectivity index (χ3n) is 3.45. The normalized spacial score (nSPS) is 13.1. The van der Waals surface area contributed by atoms with Gasteiger partial charge in [0, 0.05) is 17.2 Å². The Hall–Kier alpha value is -2.67. The third-order valence-corrected chi connectivity index (χ3v) is 3.45. The van der Waals surface area contributed by atoms with Crippen molar-refractivity contribution in [3.8, 4) is 11.5 Å². The summed E-state index contributed by atoms with van der Waals surface area (Å²) in [5.74, 6) is 0.211. The average molecular weight is 319 g/mol. The van der Waals surface area contributed by atoms with E-state index in [0.717, 1.165) is 5.56 Å². The number of benzene rings is 2. The van der Waals surface area contributed by atoms with Crippen LogP contribution in [0.15, 0.2) is 30.3 Å². The Kier molecular flexibility index (Phi) is 4.12. The van der Waals surface area contributed by atoms with Crippen molar-refractivity contribution in [1.82, 2.24) is 0 Å². The molecular formula is C16H14FNO5. The van der Waals surface area contributed by atoms with Gasteiger partial charge in [0.1, 0.15) is 18.2 Å². The molecule has 0 N–H and O–H groups in total. The molecule has 1 heterocycles. The first kappa shape index (κ1) is 15.2. The summed E-state index contributed by atoms with van der Waals surface area (Å²) in [5, 5.41) is 11.1. The van der Waals surface area contributed by atoms with E-state index in [9.17, 15) is 14.5 Å². The number of hydrogen-bond donors (Lipinski definition) is 0. The second-order valence-electron chi connectivity index (χ2n) is 5.18. The summed E-state index contributed by atoms with van der Waals surface area (Å²) in [6.07, 6.45) is 0. The van der Waals surface area contributed by atoms with Crippen molar-refractivity contribution >= 4 is 5.69 Å². The Balaban J connectivity index is 1.88.